The number of aromatic nitrogens is 2. The average Bonchev–Trinajstić information content (AvgIpc) is 2.71. The summed E-state index contributed by atoms with van der Waals surface area (Å²) in [6, 6.07) is 9.16. The molecule has 0 fully saturated rings. The van der Waals surface area contributed by atoms with Crippen LogP contribution in [-0.2, 0) is 6.42 Å². The van der Waals surface area contributed by atoms with Crippen molar-refractivity contribution in [2.24, 2.45) is 0 Å². The molecule has 0 aliphatic carbocycles. The Morgan fingerprint density at radius 2 is 1.76 bits per heavy atom. The maximum Gasteiger partial charge on any atom is 0.221 e. The minimum atomic E-state index is -0.0199. The zero-order valence-corrected chi connectivity index (χ0v) is 16.6. The van der Waals surface area contributed by atoms with E-state index in [2.05, 4.69) is 9.97 Å². The van der Waals surface area contributed by atoms with E-state index in [4.69, 9.17) is 25.7 Å². The topological polar surface area (TPSA) is 126 Å². The van der Waals surface area contributed by atoms with Crippen LogP contribution >= 0.6 is 0 Å². The summed E-state index contributed by atoms with van der Waals surface area (Å²) < 4.78 is 16.6. The summed E-state index contributed by atoms with van der Waals surface area (Å²) in [5, 5.41) is 11.0. The molecule has 0 saturated heterocycles. The fourth-order valence-electron chi connectivity index (χ4n) is 3.12. The van der Waals surface area contributed by atoms with E-state index in [9.17, 15) is 5.11 Å². The third-order valence-corrected chi connectivity index (χ3v) is 4.48. The van der Waals surface area contributed by atoms with Gasteiger partial charge in [0.25, 0.3) is 0 Å². The molecule has 3 aromatic rings. The molecule has 0 saturated carbocycles. The van der Waals surface area contributed by atoms with Crippen molar-refractivity contribution in [3.63, 3.8) is 0 Å². The Kier molecular flexibility index (Phi) is 5.92. The summed E-state index contributed by atoms with van der Waals surface area (Å²) in [4.78, 5) is 7.98. The van der Waals surface area contributed by atoms with Crippen molar-refractivity contribution in [3.8, 4) is 34.1 Å². The minimum Gasteiger partial charge on any atom is -0.504 e. The first-order valence-electron chi connectivity index (χ1n) is 9.05. The van der Waals surface area contributed by atoms with Gasteiger partial charge in [0.2, 0.25) is 5.95 Å². The summed E-state index contributed by atoms with van der Waals surface area (Å²) >= 11 is 0. The van der Waals surface area contributed by atoms with Gasteiger partial charge in [-0.2, -0.15) is 4.98 Å². The van der Waals surface area contributed by atoms with Crippen LogP contribution in [0.25, 0.3) is 11.1 Å². The van der Waals surface area contributed by atoms with Gasteiger partial charge in [0.05, 0.1) is 26.4 Å². The van der Waals surface area contributed by atoms with Crippen LogP contribution in [-0.4, -0.2) is 35.9 Å². The molecule has 2 aromatic carbocycles. The highest BCUT2D eigenvalue weighted by atomic mass is 16.5. The van der Waals surface area contributed by atoms with Crippen molar-refractivity contribution >= 4 is 11.8 Å². The lowest BCUT2D eigenvalue weighted by atomic mass is 9.97. The van der Waals surface area contributed by atoms with Crippen LogP contribution in [0.1, 0.15) is 18.1 Å². The van der Waals surface area contributed by atoms with Gasteiger partial charge in [-0.05, 0) is 30.7 Å². The number of ether oxygens (including phenoxy) is 3. The smallest absolute Gasteiger partial charge is 0.221 e. The number of hydrogen-bond acceptors (Lipinski definition) is 8. The fraction of sp³-hybridized carbons (Fsp3) is 0.238. The molecule has 0 aliphatic heterocycles. The number of nitrogen functional groups attached to an aromatic ring is 2. The zero-order chi connectivity index (χ0) is 21.0. The van der Waals surface area contributed by atoms with Crippen LogP contribution in [0.3, 0.4) is 0 Å². The minimum absolute atomic E-state index is 0.0199. The number of aromatic hydroxyl groups is 1. The molecule has 0 amide bonds. The first-order chi connectivity index (χ1) is 14.0. The number of hydrogen-bond donors (Lipinski definition) is 3. The molecule has 0 atom stereocenters. The first kappa shape index (κ1) is 20.1. The maximum absolute atomic E-state index is 11.0. The van der Waals surface area contributed by atoms with Crippen LogP contribution in [0.15, 0.2) is 36.5 Å². The largest absolute Gasteiger partial charge is 0.504 e. The summed E-state index contributed by atoms with van der Waals surface area (Å²) in [6.07, 6.45) is 1.90. The molecule has 0 radical (unpaired) electrons. The number of methoxy groups -OCH3 is 2. The number of benzene rings is 2. The molecule has 8 heteroatoms. The van der Waals surface area contributed by atoms with Crippen molar-refractivity contribution in [2.45, 2.75) is 13.3 Å². The summed E-state index contributed by atoms with van der Waals surface area (Å²) in [5.74, 6) is 1.93. The van der Waals surface area contributed by atoms with Crippen molar-refractivity contribution < 1.29 is 19.3 Å². The number of phenolic OH excluding ortho intramolecular Hbond substituents is 1. The molecule has 5 N–H and O–H groups in total. The van der Waals surface area contributed by atoms with Gasteiger partial charge in [0.1, 0.15) is 17.3 Å². The van der Waals surface area contributed by atoms with E-state index < -0.39 is 0 Å². The normalized spacial score (nSPS) is 10.6. The van der Waals surface area contributed by atoms with Gasteiger partial charge < -0.3 is 30.8 Å². The van der Waals surface area contributed by atoms with Gasteiger partial charge in [-0.25, -0.2) is 4.98 Å². The molecule has 1 aromatic heterocycles. The van der Waals surface area contributed by atoms with Crippen LogP contribution in [0.4, 0.5) is 11.8 Å². The molecule has 0 spiro atoms. The molecular formula is C21H24N4O4. The SMILES string of the molecule is CCOc1cc(Cc2cnc(N)nc2N)c(OC)c(O)c1-c1ccc(OC)cc1. The predicted octanol–water partition coefficient (Wildman–Crippen LogP) is 3.02. The molecule has 0 bridgehead atoms. The number of phenols is 1. The summed E-state index contributed by atoms with van der Waals surface area (Å²) in [6.45, 7) is 2.31. The maximum atomic E-state index is 11.0. The third kappa shape index (κ3) is 4.11. The van der Waals surface area contributed by atoms with Crippen molar-refractivity contribution in [1.29, 1.82) is 0 Å². The Hall–Kier alpha value is -3.68. The predicted molar refractivity (Wildman–Crippen MR) is 111 cm³/mol. The van der Waals surface area contributed by atoms with Crippen molar-refractivity contribution in [2.75, 3.05) is 32.3 Å². The van der Waals surface area contributed by atoms with Gasteiger partial charge in [-0.15, -0.1) is 0 Å². The molecule has 29 heavy (non-hydrogen) atoms. The molecule has 3 rings (SSSR count). The van der Waals surface area contributed by atoms with Crippen LogP contribution in [0, 0.1) is 0 Å². The second-order valence-corrected chi connectivity index (χ2v) is 6.27. The molecule has 1 heterocycles. The summed E-state index contributed by atoms with van der Waals surface area (Å²) in [7, 11) is 3.10. The van der Waals surface area contributed by atoms with E-state index in [1.165, 1.54) is 7.11 Å². The van der Waals surface area contributed by atoms with Crippen LogP contribution in [0.5, 0.6) is 23.0 Å². The Bertz CT molecular complexity index is 1010. The Morgan fingerprint density at radius 1 is 1.03 bits per heavy atom. The molecule has 0 aliphatic rings. The van der Waals surface area contributed by atoms with E-state index in [1.54, 1.807) is 13.3 Å². The molecule has 0 unspecified atom stereocenters. The van der Waals surface area contributed by atoms with Gasteiger partial charge in [0, 0.05) is 23.7 Å². The lowest BCUT2D eigenvalue weighted by molar-refractivity contribution is 0.333. The lowest BCUT2D eigenvalue weighted by Crippen LogP contribution is -2.05. The highest BCUT2D eigenvalue weighted by Gasteiger charge is 2.22. The highest BCUT2D eigenvalue weighted by molar-refractivity contribution is 5.81. The number of rotatable bonds is 7. The Labute approximate surface area is 169 Å². The lowest BCUT2D eigenvalue weighted by Gasteiger charge is -2.19. The number of nitrogens with two attached hydrogens (primary N) is 2. The van der Waals surface area contributed by atoms with Crippen LogP contribution < -0.4 is 25.7 Å². The van der Waals surface area contributed by atoms with E-state index in [0.29, 0.717) is 47.0 Å². The number of anilines is 2. The zero-order valence-electron chi connectivity index (χ0n) is 16.6. The molecule has 8 nitrogen and oxygen atoms in total. The van der Waals surface area contributed by atoms with E-state index >= 15 is 0 Å². The standard InChI is InChI=1S/C21H24N4O4/c1-4-29-16-10-13(9-14-11-24-21(23)25-20(14)22)19(28-3)18(26)17(16)12-5-7-15(27-2)8-6-12/h5-8,10-11,26H,4,9H2,1-3H3,(H4,22,23,24,25). The Balaban J connectivity index is 2.13. The monoisotopic (exact) mass is 396 g/mol. The number of nitrogens with zero attached hydrogens (tertiary/aromatic N) is 2. The first-order valence-corrected chi connectivity index (χ1v) is 9.05. The second-order valence-electron chi connectivity index (χ2n) is 6.27. The molecular weight excluding hydrogens is 372 g/mol. The highest BCUT2D eigenvalue weighted by Crippen LogP contribution is 2.47. The van der Waals surface area contributed by atoms with Gasteiger partial charge in [0.15, 0.2) is 11.5 Å². The van der Waals surface area contributed by atoms with E-state index in [0.717, 1.165) is 5.56 Å². The third-order valence-electron chi connectivity index (χ3n) is 4.48. The Morgan fingerprint density at radius 3 is 2.34 bits per heavy atom. The van der Waals surface area contributed by atoms with Gasteiger partial charge >= 0.3 is 0 Å². The van der Waals surface area contributed by atoms with Crippen LogP contribution in [0.2, 0.25) is 0 Å². The van der Waals surface area contributed by atoms with E-state index in [-0.39, 0.29) is 17.5 Å². The van der Waals surface area contributed by atoms with Crippen molar-refractivity contribution in [1.82, 2.24) is 9.97 Å². The fourth-order valence-corrected chi connectivity index (χ4v) is 3.12. The second kappa shape index (κ2) is 8.55. The summed E-state index contributed by atoms with van der Waals surface area (Å²) in [5.41, 5.74) is 14.2. The quantitative estimate of drug-likeness (QED) is 0.556. The van der Waals surface area contributed by atoms with Gasteiger partial charge in [-0.1, -0.05) is 12.1 Å². The van der Waals surface area contributed by atoms with E-state index in [1.807, 2.05) is 37.3 Å². The molecule has 152 valence electrons. The van der Waals surface area contributed by atoms with Crippen molar-refractivity contribution in [3.05, 3.63) is 47.7 Å². The van der Waals surface area contributed by atoms with Gasteiger partial charge in [-0.3, -0.25) is 0 Å². The average molecular weight is 396 g/mol.